The zero-order chi connectivity index (χ0) is 20.1. The summed E-state index contributed by atoms with van der Waals surface area (Å²) in [7, 11) is 0. The highest BCUT2D eigenvalue weighted by Gasteiger charge is 2.17. The molecule has 1 aromatic heterocycles. The van der Waals surface area contributed by atoms with Crippen LogP contribution in [0.15, 0.2) is 103 Å². The Hall–Kier alpha value is -3.72. The number of benzene rings is 3. The Balaban J connectivity index is 1.58. The van der Waals surface area contributed by atoms with Crippen LogP contribution in [0.25, 0.3) is 11.3 Å². The van der Waals surface area contributed by atoms with E-state index in [0.29, 0.717) is 5.56 Å². The van der Waals surface area contributed by atoms with E-state index in [0.717, 1.165) is 27.9 Å². The SMILES string of the molecule is Cc1ccnc(-c2ccc(C(=O)NC(c3ccccc3)c3ccccc3)cc2)c1. The summed E-state index contributed by atoms with van der Waals surface area (Å²) in [6, 6.07) is 31.4. The van der Waals surface area contributed by atoms with Gasteiger partial charge < -0.3 is 5.32 Å². The predicted molar refractivity (Wildman–Crippen MR) is 117 cm³/mol. The number of nitrogens with zero attached hydrogens (tertiary/aromatic N) is 1. The Morgan fingerprint density at radius 1 is 0.793 bits per heavy atom. The van der Waals surface area contributed by atoms with Gasteiger partial charge in [-0.1, -0.05) is 72.8 Å². The molecule has 1 N–H and O–H groups in total. The van der Waals surface area contributed by atoms with Crippen molar-refractivity contribution in [2.75, 3.05) is 0 Å². The van der Waals surface area contributed by atoms with E-state index in [2.05, 4.69) is 10.3 Å². The monoisotopic (exact) mass is 378 g/mol. The summed E-state index contributed by atoms with van der Waals surface area (Å²) in [5, 5.41) is 3.18. The summed E-state index contributed by atoms with van der Waals surface area (Å²) in [5.41, 5.74) is 5.78. The minimum Gasteiger partial charge on any atom is -0.341 e. The van der Waals surface area contributed by atoms with E-state index in [1.807, 2.05) is 104 Å². The van der Waals surface area contributed by atoms with Crippen LogP contribution < -0.4 is 5.32 Å². The van der Waals surface area contributed by atoms with Crippen molar-refractivity contribution in [3.05, 3.63) is 126 Å². The molecule has 0 saturated carbocycles. The molecule has 1 heterocycles. The third kappa shape index (κ3) is 4.41. The molecule has 4 aromatic rings. The first-order chi connectivity index (χ1) is 14.2. The summed E-state index contributed by atoms with van der Waals surface area (Å²) < 4.78 is 0. The number of amides is 1. The van der Waals surface area contributed by atoms with Crippen molar-refractivity contribution in [1.29, 1.82) is 0 Å². The summed E-state index contributed by atoms with van der Waals surface area (Å²) in [4.78, 5) is 17.4. The first-order valence-electron chi connectivity index (χ1n) is 9.64. The number of hydrogen-bond donors (Lipinski definition) is 1. The number of aryl methyl sites for hydroxylation is 1. The Morgan fingerprint density at radius 2 is 1.38 bits per heavy atom. The molecule has 3 nitrogen and oxygen atoms in total. The van der Waals surface area contributed by atoms with Crippen molar-refractivity contribution in [3.63, 3.8) is 0 Å². The molecule has 0 fully saturated rings. The van der Waals surface area contributed by atoms with Gasteiger partial charge in [-0.25, -0.2) is 0 Å². The van der Waals surface area contributed by atoms with Gasteiger partial charge in [0.05, 0.1) is 11.7 Å². The normalized spacial score (nSPS) is 10.7. The molecule has 0 unspecified atom stereocenters. The Kier molecular flexibility index (Phi) is 5.48. The molecular weight excluding hydrogens is 356 g/mol. The van der Waals surface area contributed by atoms with Gasteiger partial charge in [-0.3, -0.25) is 9.78 Å². The second kappa shape index (κ2) is 8.53. The lowest BCUT2D eigenvalue weighted by molar-refractivity contribution is 0.0943. The highest BCUT2D eigenvalue weighted by Crippen LogP contribution is 2.23. The van der Waals surface area contributed by atoms with Gasteiger partial charge in [0.2, 0.25) is 0 Å². The van der Waals surface area contributed by atoms with E-state index in [9.17, 15) is 4.79 Å². The van der Waals surface area contributed by atoms with Gasteiger partial charge >= 0.3 is 0 Å². The van der Waals surface area contributed by atoms with E-state index in [4.69, 9.17) is 0 Å². The van der Waals surface area contributed by atoms with Gasteiger partial charge in [-0.15, -0.1) is 0 Å². The van der Waals surface area contributed by atoms with E-state index in [1.54, 1.807) is 6.20 Å². The van der Waals surface area contributed by atoms with Gasteiger partial charge in [0.25, 0.3) is 5.91 Å². The molecule has 142 valence electrons. The van der Waals surface area contributed by atoms with E-state index >= 15 is 0 Å². The maximum atomic E-state index is 13.0. The van der Waals surface area contributed by atoms with Crippen LogP contribution in [0.2, 0.25) is 0 Å². The Morgan fingerprint density at radius 3 is 1.93 bits per heavy atom. The molecule has 0 bridgehead atoms. The molecule has 3 aromatic carbocycles. The van der Waals surface area contributed by atoms with Crippen LogP contribution in [0, 0.1) is 6.92 Å². The molecule has 0 spiro atoms. The highest BCUT2D eigenvalue weighted by molar-refractivity contribution is 5.95. The molecule has 0 aliphatic rings. The predicted octanol–water partition coefficient (Wildman–Crippen LogP) is 5.58. The largest absolute Gasteiger partial charge is 0.341 e. The molecule has 4 rings (SSSR count). The van der Waals surface area contributed by atoms with Gasteiger partial charge in [0, 0.05) is 17.3 Å². The van der Waals surface area contributed by atoms with Gasteiger partial charge in [-0.2, -0.15) is 0 Å². The average molecular weight is 378 g/mol. The Bertz CT molecular complexity index is 1050. The van der Waals surface area contributed by atoms with Crippen LogP contribution in [-0.2, 0) is 0 Å². The summed E-state index contributed by atoms with van der Waals surface area (Å²) in [6.07, 6.45) is 1.80. The number of pyridine rings is 1. The van der Waals surface area contributed by atoms with E-state index in [1.165, 1.54) is 0 Å². The van der Waals surface area contributed by atoms with Crippen LogP contribution in [0.1, 0.15) is 33.1 Å². The van der Waals surface area contributed by atoms with Gasteiger partial charge in [0.15, 0.2) is 0 Å². The number of aromatic nitrogens is 1. The summed E-state index contributed by atoms with van der Waals surface area (Å²) >= 11 is 0. The minimum atomic E-state index is -0.206. The molecule has 3 heteroatoms. The fourth-order valence-corrected chi connectivity index (χ4v) is 3.35. The molecule has 29 heavy (non-hydrogen) atoms. The molecule has 0 atom stereocenters. The van der Waals surface area contributed by atoms with Crippen molar-refractivity contribution in [2.24, 2.45) is 0 Å². The molecule has 0 aliphatic carbocycles. The van der Waals surface area contributed by atoms with Crippen LogP contribution in [0.3, 0.4) is 0 Å². The van der Waals surface area contributed by atoms with Gasteiger partial charge in [0.1, 0.15) is 0 Å². The van der Waals surface area contributed by atoms with Crippen molar-refractivity contribution < 1.29 is 4.79 Å². The zero-order valence-corrected chi connectivity index (χ0v) is 16.2. The van der Waals surface area contributed by atoms with Crippen LogP contribution in [0.5, 0.6) is 0 Å². The van der Waals surface area contributed by atoms with Crippen molar-refractivity contribution in [3.8, 4) is 11.3 Å². The van der Waals surface area contributed by atoms with Gasteiger partial charge in [-0.05, 0) is 47.9 Å². The average Bonchev–Trinajstić information content (AvgIpc) is 2.78. The Labute approximate surface area is 171 Å². The lowest BCUT2D eigenvalue weighted by Crippen LogP contribution is -2.29. The fraction of sp³-hybridized carbons (Fsp3) is 0.0769. The fourth-order valence-electron chi connectivity index (χ4n) is 3.35. The first kappa shape index (κ1) is 18.6. The molecule has 0 aliphatic heterocycles. The smallest absolute Gasteiger partial charge is 0.252 e. The first-order valence-corrected chi connectivity index (χ1v) is 9.64. The summed E-state index contributed by atoms with van der Waals surface area (Å²) in [5.74, 6) is -0.105. The molecular formula is C26H22N2O. The number of nitrogens with one attached hydrogen (secondary N) is 1. The standard InChI is InChI=1S/C26H22N2O/c1-19-16-17-27-24(18-19)20-12-14-23(15-13-20)26(29)28-25(21-8-4-2-5-9-21)22-10-6-3-7-11-22/h2-18,25H,1H3,(H,28,29). The minimum absolute atomic E-state index is 0.105. The van der Waals surface area contributed by atoms with Crippen LogP contribution >= 0.6 is 0 Å². The number of hydrogen-bond acceptors (Lipinski definition) is 2. The summed E-state index contributed by atoms with van der Waals surface area (Å²) in [6.45, 7) is 2.04. The highest BCUT2D eigenvalue weighted by atomic mass is 16.1. The second-order valence-electron chi connectivity index (χ2n) is 7.02. The van der Waals surface area contributed by atoms with Crippen LogP contribution in [0.4, 0.5) is 0 Å². The lowest BCUT2D eigenvalue weighted by Gasteiger charge is -2.20. The molecule has 1 amide bonds. The number of rotatable bonds is 5. The lowest BCUT2D eigenvalue weighted by atomic mass is 9.98. The molecule has 0 saturated heterocycles. The molecule has 0 radical (unpaired) electrons. The third-order valence-electron chi connectivity index (χ3n) is 4.90. The van der Waals surface area contributed by atoms with Crippen molar-refractivity contribution in [2.45, 2.75) is 13.0 Å². The number of carbonyl (C=O) groups excluding carboxylic acids is 1. The third-order valence-corrected chi connectivity index (χ3v) is 4.90. The second-order valence-corrected chi connectivity index (χ2v) is 7.02. The maximum absolute atomic E-state index is 13.0. The van der Waals surface area contributed by atoms with Crippen molar-refractivity contribution >= 4 is 5.91 Å². The maximum Gasteiger partial charge on any atom is 0.252 e. The van der Waals surface area contributed by atoms with E-state index < -0.39 is 0 Å². The van der Waals surface area contributed by atoms with E-state index in [-0.39, 0.29) is 11.9 Å². The zero-order valence-electron chi connectivity index (χ0n) is 16.2. The van der Waals surface area contributed by atoms with Crippen LogP contribution in [-0.4, -0.2) is 10.9 Å². The number of carbonyl (C=O) groups is 1. The topological polar surface area (TPSA) is 42.0 Å². The van der Waals surface area contributed by atoms with Crippen molar-refractivity contribution in [1.82, 2.24) is 10.3 Å². The quantitative estimate of drug-likeness (QED) is 0.493.